The van der Waals surface area contributed by atoms with E-state index in [9.17, 15) is 10.3 Å². The van der Waals surface area contributed by atoms with Crippen molar-refractivity contribution in [3.8, 4) is 11.3 Å². The average Bonchev–Trinajstić information content (AvgIpc) is 3.49. The number of pyridine rings is 1. The number of hydrogen-bond donors (Lipinski definition) is 2. The molecular weight excluding hydrogens is 520 g/mol. The number of hydrogen-bond acceptors (Lipinski definition) is 5. The molecule has 1 aromatic rings. The molecule has 7 aliphatic rings. The van der Waals surface area contributed by atoms with Gasteiger partial charge in [-0.15, -0.1) is 0 Å². The summed E-state index contributed by atoms with van der Waals surface area (Å²) in [6, 6.07) is 10.7. The number of benzene rings is 1. The molecule has 0 radical (unpaired) electrons. The Morgan fingerprint density at radius 2 is 1.74 bits per heavy atom. The van der Waals surface area contributed by atoms with E-state index in [2.05, 4.69) is 58.4 Å². The van der Waals surface area contributed by atoms with Gasteiger partial charge in [0.15, 0.2) is 0 Å². The molecule has 0 aromatic heterocycles. The molecule has 1 spiro atoms. The third kappa shape index (κ3) is 4.13. The first-order chi connectivity index (χ1) is 20.6. The number of piperidine rings is 1. The molecule has 1 aromatic carbocycles. The lowest BCUT2D eigenvalue weighted by Gasteiger charge is -2.58. The van der Waals surface area contributed by atoms with Gasteiger partial charge in [-0.2, -0.15) is 4.73 Å². The molecule has 2 fully saturated rings. The molecule has 8 rings (SSSR count). The number of rotatable bonds is 1. The Labute approximate surface area is 249 Å². The summed E-state index contributed by atoms with van der Waals surface area (Å²) < 4.78 is 1.30. The van der Waals surface area contributed by atoms with Gasteiger partial charge < -0.3 is 15.2 Å². The van der Waals surface area contributed by atoms with Crippen LogP contribution in [-0.2, 0) is 0 Å². The normalized spacial score (nSPS) is 37.0. The van der Waals surface area contributed by atoms with E-state index < -0.39 is 5.60 Å². The van der Waals surface area contributed by atoms with Gasteiger partial charge in [-0.25, -0.2) is 4.98 Å². The first-order valence-corrected chi connectivity index (χ1v) is 16.4. The van der Waals surface area contributed by atoms with Crippen LogP contribution in [0.4, 0.5) is 0 Å². The molecule has 3 bridgehead atoms. The van der Waals surface area contributed by atoms with E-state index in [0.717, 1.165) is 91.7 Å². The van der Waals surface area contributed by atoms with Crippen LogP contribution in [0, 0.1) is 11.3 Å². The summed E-state index contributed by atoms with van der Waals surface area (Å²) >= 11 is 0. The minimum absolute atomic E-state index is 0.0569. The van der Waals surface area contributed by atoms with E-state index >= 15 is 0 Å². The smallest absolute Gasteiger partial charge is 0.109 e. The summed E-state index contributed by atoms with van der Waals surface area (Å²) in [5.74, 6) is 0.241. The maximum Gasteiger partial charge on any atom is 0.109 e. The van der Waals surface area contributed by atoms with Crippen molar-refractivity contribution in [2.24, 2.45) is 11.3 Å². The van der Waals surface area contributed by atoms with Crippen molar-refractivity contribution in [1.82, 2.24) is 19.5 Å². The van der Waals surface area contributed by atoms with Crippen molar-refractivity contribution in [2.45, 2.75) is 81.9 Å². The Morgan fingerprint density at radius 3 is 2.67 bits per heavy atom. The molecule has 2 unspecified atom stereocenters. The third-order valence-corrected chi connectivity index (χ3v) is 11.3. The lowest BCUT2D eigenvalue weighted by molar-refractivity contribution is -0.0897. The van der Waals surface area contributed by atoms with Crippen LogP contribution >= 0.6 is 0 Å². The van der Waals surface area contributed by atoms with E-state index in [1.165, 1.54) is 30.4 Å². The van der Waals surface area contributed by atoms with E-state index in [4.69, 9.17) is 4.98 Å². The van der Waals surface area contributed by atoms with Gasteiger partial charge in [0.25, 0.3) is 0 Å². The summed E-state index contributed by atoms with van der Waals surface area (Å²) in [4.78, 5) is 10.5. The zero-order valence-electron chi connectivity index (χ0n) is 24.7. The minimum atomic E-state index is -1.00. The first kappa shape index (κ1) is 26.7. The molecule has 1 aliphatic carbocycles. The van der Waals surface area contributed by atoms with Crippen molar-refractivity contribution in [2.75, 3.05) is 26.2 Å². The second kappa shape index (κ2) is 10.4. The Morgan fingerprint density at radius 1 is 0.905 bits per heavy atom. The number of aliphatic hydroxyl groups is 1. The van der Waals surface area contributed by atoms with Gasteiger partial charge in [-0.05, 0) is 114 Å². The fraction of sp³-hybridized carbons (Fsp3) is 0.528. The van der Waals surface area contributed by atoms with Crippen molar-refractivity contribution < 1.29 is 10.3 Å². The molecule has 6 heterocycles. The van der Waals surface area contributed by atoms with Crippen LogP contribution in [0.15, 0.2) is 66.9 Å². The first-order valence-electron chi connectivity index (χ1n) is 16.4. The predicted octanol–water partition coefficient (Wildman–Crippen LogP) is 6.52. The quantitative estimate of drug-likeness (QED) is 0.260. The van der Waals surface area contributed by atoms with Gasteiger partial charge >= 0.3 is 0 Å². The monoisotopic (exact) mass is 564 g/mol. The Kier molecular flexibility index (Phi) is 6.58. The van der Waals surface area contributed by atoms with Gasteiger partial charge in [0.05, 0.1) is 22.9 Å². The second-order valence-electron chi connectivity index (χ2n) is 13.7. The van der Waals surface area contributed by atoms with E-state index in [0.29, 0.717) is 12.5 Å². The van der Waals surface area contributed by atoms with Gasteiger partial charge in [0.1, 0.15) is 5.69 Å². The zero-order chi connectivity index (χ0) is 28.3. The lowest BCUT2D eigenvalue weighted by atomic mass is 9.54. The standard InChI is InChI=1S/C36H44N4O2/c41-36-18-10-4-1-2-5-11-19-38-21-17-30(35(25-38)23-26-13-7-3-6-12-20-39(26)34(35)36)29(24-36)33-32-28(16-22-40(33)42)27-14-8-9-15-31(27)37-32/h1,4,7-9,13-16,22,24,26,30,34,41-42H,2-3,5-6,10-12,17-21,23,25H2/b4-1-,13-7-/t26-,30?,34+,35-,36-/m0/s1. The number of allylic oxidation sites excluding steroid dienone is 4. The molecule has 6 aliphatic heterocycles. The Balaban J connectivity index is 1.35. The molecule has 42 heavy (non-hydrogen) atoms. The third-order valence-electron chi connectivity index (χ3n) is 11.3. The van der Waals surface area contributed by atoms with Crippen molar-refractivity contribution in [3.63, 3.8) is 0 Å². The Bertz CT molecular complexity index is 1540. The van der Waals surface area contributed by atoms with Crippen LogP contribution in [0.3, 0.4) is 0 Å². The fourth-order valence-corrected chi connectivity index (χ4v) is 9.65. The highest BCUT2D eigenvalue weighted by Gasteiger charge is 2.65. The molecule has 6 heteroatoms. The number of nitrogens with zero attached hydrogens (tertiary/aromatic N) is 4. The van der Waals surface area contributed by atoms with Crippen molar-refractivity contribution in [3.05, 3.63) is 72.6 Å². The molecule has 0 amide bonds. The number of para-hydroxylation sites is 1. The molecule has 2 saturated heterocycles. The van der Waals surface area contributed by atoms with Gasteiger partial charge in [0.2, 0.25) is 0 Å². The highest BCUT2D eigenvalue weighted by molar-refractivity contribution is 6.00. The van der Waals surface area contributed by atoms with Crippen molar-refractivity contribution in [1.29, 1.82) is 0 Å². The topological polar surface area (TPSA) is 64.8 Å². The zero-order valence-corrected chi connectivity index (χ0v) is 24.7. The van der Waals surface area contributed by atoms with Crippen LogP contribution in [-0.4, -0.2) is 73.7 Å². The molecule has 0 saturated carbocycles. The molecule has 220 valence electrons. The fourth-order valence-electron chi connectivity index (χ4n) is 9.65. The molecule has 6 nitrogen and oxygen atoms in total. The van der Waals surface area contributed by atoms with Crippen LogP contribution in [0.5, 0.6) is 0 Å². The largest absolute Gasteiger partial charge is 0.428 e. The maximum atomic E-state index is 13.1. The average molecular weight is 565 g/mol. The second-order valence-corrected chi connectivity index (χ2v) is 13.7. The molecule has 2 N–H and O–H groups in total. The maximum absolute atomic E-state index is 13.1. The van der Waals surface area contributed by atoms with Crippen LogP contribution in [0.2, 0.25) is 0 Å². The van der Waals surface area contributed by atoms with Crippen LogP contribution < -0.4 is 0 Å². The summed E-state index contributed by atoms with van der Waals surface area (Å²) in [6.45, 7) is 4.23. The summed E-state index contributed by atoms with van der Waals surface area (Å²) in [5, 5.41) is 25.7. The van der Waals surface area contributed by atoms with Gasteiger partial charge in [-0.3, -0.25) is 4.90 Å². The van der Waals surface area contributed by atoms with Crippen molar-refractivity contribution >= 4 is 16.5 Å². The highest BCUT2D eigenvalue weighted by atomic mass is 16.5. The van der Waals surface area contributed by atoms with E-state index in [-0.39, 0.29) is 17.4 Å². The van der Waals surface area contributed by atoms with Gasteiger partial charge in [-0.1, -0.05) is 42.5 Å². The number of aromatic nitrogens is 2. The minimum Gasteiger partial charge on any atom is -0.428 e. The van der Waals surface area contributed by atoms with Crippen LogP contribution in [0.1, 0.15) is 69.9 Å². The SMILES string of the molecule is On1ccc2c3ccccc3nc-2c1C1=C[C@@]2(O)CC/C=C\CCCCN3CCC1[C@]1(C[C@@H]4/C=C\CCCCN4[C@H]12)C3. The Hall–Kier alpha value is -2.93. The predicted molar refractivity (Wildman–Crippen MR) is 168 cm³/mol. The summed E-state index contributed by atoms with van der Waals surface area (Å²) in [7, 11) is 0. The lowest BCUT2D eigenvalue weighted by Crippen LogP contribution is -2.65. The summed E-state index contributed by atoms with van der Waals surface area (Å²) in [5.41, 5.74) is 3.63. The number of fused-ring (bicyclic) bond motifs is 5. The molecule has 6 atom stereocenters. The highest BCUT2D eigenvalue weighted by Crippen LogP contribution is 2.62. The molecular formula is C36H44N4O2. The summed E-state index contributed by atoms with van der Waals surface area (Å²) in [6.07, 6.45) is 24.2. The van der Waals surface area contributed by atoms with E-state index in [1.54, 1.807) is 6.20 Å². The van der Waals surface area contributed by atoms with Crippen LogP contribution in [0.25, 0.3) is 27.7 Å². The van der Waals surface area contributed by atoms with E-state index in [1.807, 2.05) is 12.1 Å². The van der Waals surface area contributed by atoms with Gasteiger partial charge in [0, 0.05) is 35.1 Å².